The zero-order valence-electron chi connectivity index (χ0n) is 11.3. The van der Waals surface area contributed by atoms with Gasteiger partial charge >= 0.3 is 0 Å². The number of carbonyl (C=O) groups excluding carboxylic acids is 1. The highest BCUT2D eigenvalue weighted by atomic mass is 32.2. The molecule has 0 fully saturated rings. The third-order valence-electron chi connectivity index (χ3n) is 3.20. The van der Waals surface area contributed by atoms with Crippen LogP contribution in [0.2, 0.25) is 0 Å². The van der Waals surface area contributed by atoms with Crippen LogP contribution in [-0.2, 0) is 0 Å². The lowest BCUT2D eigenvalue weighted by Gasteiger charge is -2.08. The molecule has 0 aliphatic carbocycles. The van der Waals surface area contributed by atoms with E-state index in [1.807, 2.05) is 60.7 Å². The lowest BCUT2D eigenvalue weighted by molar-refractivity contribution is 0.0956. The summed E-state index contributed by atoms with van der Waals surface area (Å²) in [4.78, 5) is 12.8. The van der Waals surface area contributed by atoms with Gasteiger partial charge in [0.2, 0.25) is 0 Å². The molecule has 102 valence electrons. The summed E-state index contributed by atoms with van der Waals surface area (Å²) in [5.74, 6) is 3.11. The Morgan fingerprint density at radius 1 is 1.10 bits per heavy atom. The molecule has 0 saturated carbocycles. The summed E-state index contributed by atoms with van der Waals surface area (Å²) in [5.41, 5.74) is 1.58. The number of thioether (sulfide) groups is 1. The molecule has 0 atom stereocenters. The fourth-order valence-electron chi connectivity index (χ4n) is 2.27. The van der Waals surface area contributed by atoms with E-state index in [1.54, 1.807) is 4.57 Å². The van der Waals surface area contributed by atoms with E-state index in [0.29, 0.717) is 11.3 Å². The van der Waals surface area contributed by atoms with Crippen molar-refractivity contribution >= 4 is 28.6 Å². The van der Waals surface area contributed by atoms with Crippen LogP contribution in [0.1, 0.15) is 10.4 Å². The van der Waals surface area contributed by atoms with Crippen LogP contribution in [0.3, 0.4) is 0 Å². The van der Waals surface area contributed by atoms with Crippen molar-refractivity contribution in [2.75, 3.05) is 5.75 Å². The Hall–Kier alpha value is -2.44. The number of rotatable bonds is 3. The Morgan fingerprint density at radius 2 is 1.81 bits per heavy atom. The maximum Gasteiger partial charge on any atom is 0.263 e. The Labute approximate surface area is 127 Å². The van der Waals surface area contributed by atoms with Crippen molar-refractivity contribution in [2.45, 2.75) is 5.03 Å². The van der Waals surface area contributed by atoms with Gasteiger partial charge in [0.05, 0.1) is 16.3 Å². The maximum atomic E-state index is 12.8. The minimum Gasteiger partial charge on any atom is -0.270 e. The lowest BCUT2D eigenvalue weighted by atomic mass is 10.2. The Morgan fingerprint density at radius 3 is 2.57 bits per heavy atom. The molecule has 21 heavy (non-hydrogen) atoms. The van der Waals surface area contributed by atoms with E-state index in [0.717, 1.165) is 15.9 Å². The van der Waals surface area contributed by atoms with Crippen LogP contribution in [0.4, 0.5) is 0 Å². The van der Waals surface area contributed by atoms with Gasteiger partial charge < -0.3 is 0 Å². The average Bonchev–Trinajstić information content (AvgIpc) is 2.91. The molecule has 0 bridgehead atoms. The van der Waals surface area contributed by atoms with Crippen molar-refractivity contribution in [3.63, 3.8) is 0 Å². The first-order valence-corrected chi connectivity index (χ1v) is 7.56. The minimum atomic E-state index is -0.0312. The summed E-state index contributed by atoms with van der Waals surface area (Å²) in [6.45, 7) is 0. The van der Waals surface area contributed by atoms with E-state index in [2.05, 4.69) is 5.92 Å². The maximum absolute atomic E-state index is 12.8. The minimum absolute atomic E-state index is 0.0312. The van der Waals surface area contributed by atoms with Gasteiger partial charge in [-0.1, -0.05) is 54.1 Å². The standard InChI is InChI=1S/C18H13NOS/c1-2-12-21-17-13-15-10-6-7-11-16(15)19(17)18(20)14-8-4-3-5-9-14/h1,3-11,13H,12H2. The SMILES string of the molecule is C#CCSc1cc2ccccc2n1C(=O)c1ccccc1. The smallest absolute Gasteiger partial charge is 0.263 e. The molecule has 3 rings (SSSR count). The van der Waals surface area contributed by atoms with Crippen molar-refractivity contribution in [1.82, 2.24) is 4.57 Å². The van der Waals surface area contributed by atoms with Crippen molar-refractivity contribution in [3.05, 3.63) is 66.2 Å². The molecule has 0 N–H and O–H groups in total. The highest BCUT2D eigenvalue weighted by molar-refractivity contribution is 7.99. The number of benzene rings is 2. The first-order chi connectivity index (χ1) is 10.3. The summed E-state index contributed by atoms with van der Waals surface area (Å²) < 4.78 is 1.74. The number of para-hydroxylation sites is 1. The predicted octanol–water partition coefficient (Wildman–Crippen LogP) is 4.06. The van der Waals surface area contributed by atoms with E-state index >= 15 is 0 Å². The fraction of sp³-hybridized carbons (Fsp3) is 0.0556. The molecule has 0 spiro atoms. The van der Waals surface area contributed by atoms with Crippen LogP contribution in [0, 0.1) is 12.3 Å². The molecule has 0 aliphatic heterocycles. The van der Waals surface area contributed by atoms with Crippen molar-refractivity contribution in [3.8, 4) is 12.3 Å². The summed E-state index contributed by atoms with van der Waals surface area (Å²) in [6, 6.07) is 19.2. The quantitative estimate of drug-likeness (QED) is 0.536. The van der Waals surface area contributed by atoms with Gasteiger partial charge in [-0.15, -0.1) is 6.42 Å². The van der Waals surface area contributed by atoms with Gasteiger partial charge in [-0.3, -0.25) is 9.36 Å². The monoisotopic (exact) mass is 291 g/mol. The molecule has 2 aromatic carbocycles. The second-order valence-electron chi connectivity index (χ2n) is 4.54. The number of fused-ring (bicyclic) bond motifs is 1. The number of nitrogens with zero attached hydrogens (tertiary/aromatic N) is 1. The lowest BCUT2D eigenvalue weighted by Crippen LogP contribution is -2.12. The van der Waals surface area contributed by atoms with E-state index in [4.69, 9.17) is 6.42 Å². The second kappa shape index (κ2) is 5.90. The van der Waals surface area contributed by atoms with Crippen LogP contribution >= 0.6 is 11.8 Å². The Kier molecular flexibility index (Phi) is 3.81. The van der Waals surface area contributed by atoms with Crippen LogP contribution in [0.5, 0.6) is 0 Å². The van der Waals surface area contributed by atoms with Gasteiger partial charge in [-0.05, 0) is 24.3 Å². The largest absolute Gasteiger partial charge is 0.270 e. The molecule has 0 saturated heterocycles. The van der Waals surface area contributed by atoms with Crippen LogP contribution < -0.4 is 0 Å². The van der Waals surface area contributed by atoms with Gasteiger partial charge in [-0.2, -0.15) is 0 Å². The first kappa shape index (κ1) is 13.5. The number of terminal acetylenes is 1. The molecule has 3 aromatic rings. The van der Waals surface area contributed by atoms with Gasteiger partial charge in [0.15, 0.2) is 0 Å². The average molecular weight is 291 g/mol. The van der Waals surface area contributed by atoms with Crippen molar-refractivity contribution in [2.24, 2.45) is 0 Å². The Bertz CT molecular complexity index is 827. The highest BCUT2D eigenvalue weighted by Gasteiger charge is 2.16. The third-order valence-corrected chi connectivity index (χ3v) is 4.11. The molecule has 2 nitrogen and oxygen atoms in total. The zero-order valence-corrected chi connectivity index (χ0v) is 12.1. The molecule has 0 amide bonds. The van der Waals surface area contributed by atoms with Crippen LogP contribution in [0.15, 0.2) is 65.7 Å². The van der Waals surface area contributed by atoms with E-state index in [9.17, 15) is 4.79 Å². The van der Waals surface area contributed by atoms with E-state index in [1.165, 1.54) is 11.8 Å². The van der Waals surface area contributed by atoms with Crippen molar-refractivity contribution < 1.29 is 4.79 Å². The normalized spacial score (nSPS) is 10.4. The van der Waals surface area contributed by atoms with Gasteiger partial charge in [0.1, 0.15) is 0 Å². The predicted molar refractivity (Wildman–Crippen MR) is 87.7 cm³/mol. The first-order valence-electron chi connectivity index (χ1n) is 6.58. The summed E-state index contributed by atoms with van der Waals surface area (Å²) in [6.07, 6.45) is 5.34. The fourth-order valence-corrected chi connectivity index (χ4v) is 3.02. The molecule has 0 aliphatic rings. The molecular formula is C18H13NOS. The summed E-state index contributed by atoms with van der Waals surface area (Å²) in [5, 5.41) is 1.92. The van der Waals surface area contributed by atoms with E-state index < -0.39 is 0 Å². The number of hydrogen-bond acceptors (Lipinski definition) is 2. The second-order valence-corrected chi connectivity index (χ2v) is 5.54. The molecule has 1 heterocycles. The number of hydrogen-bond donors (Lipinski definition) is 0. The van der Waals surface area contributed by atoms with Gasteiger partial charge in [0, 0.05) is 10.9 Å². The van der Waals surface area contributed by atoms with Crippen molar-refractivity contribution in [1.29, 1.82) is 0 Å². The van der Waals surface area contributed by atoms with Crippen LogP contribution in [-0.4, -0.2) is 16.2 Å². The van der Waals surface area contributed by atoms with Gasteiger partial charge in [-0.25, -0.2) is 0 Å². The molecule has 0 radical (unpaired) electrons. The highest BCUT2D eigenvalue weighted by Crippen LogP contribution is 2.28. The number of aromatic nitrogens is 1. The summed E-state index contributed by atoms with van der Waals surface area (Å²) >= 11 is 1.50. The molecule has 3 heteroatoms. The topological polar surface area (TPSA) is 22.0 Å². The molecule has 0 unspecified atom stereocenters. The zero-order chi connectivity index (χ0) is 14.7. The third kappa shape index (κ3) is 2.58. The molecular weight excluding hydrogens is 278 g/mol. The van der Waals surface area contributed by atoms with E-state index in [-0.39, 0.29) is 5.91 Å². The van der Waals surface area contributed by atoms with Gasteiger partial charge in [0.25, 0.3) is 5.91 Å². The number of carbonyl (C=O) groups is 1. The summed E-state index contributed by atoms with van der Waals surface area (Å²) in [7, 11) is 0. The van der Waals surface area contributed by atoms with Crippen LogP contribution in [0.25, 0.3) is 10.9 Å². The molecule has 1 aromatic heterocycles. The Balaban J connectivity index is 2.15.